The lowest BCUT2D eigenvalue weighted by Gasteiger charge is -2.31. The van der Waals surface area contributed by atoms with E-state index in [1.165, 1.54) is 0 Å². The van der Waals surface area contributed by atoms with Crippen LogP contribution in [-0.2, 0) is 22.3 Å². The van der Waals surface area contributed by atoms with Gasteiger partial charge in [-0.15, -0.1) is 0 Å². The summed E-state index contributed by atoms with van der Waals surface area (Å²) < 4.78 is 26.8. The number of sulfonamides is 1. The average molecular weight is 312 g/mol. The van der Waals surface area contributed by atoms with Gasteiger partial charge in [0.15, 0.2) is 0 Å². The predicted molar refractivity (Wildman–Crippen MR) is 83.0 cm³/mol. The molecule has 1 aliphatic rings. The van der Waals surface area contributed by atoms with Crippen molar-refractivity contribution in [1.29, 1.82) is 0 Å². The molecule has 0 saturated carbocycles. The molecule has 0 aromatic heterocycles. The number of piperidine rings is 1. The molecule has 1 unspecified atom stereocenters. The zero-order chi connectivity index (χ0) is 15.3. The predicted octanol–water partition coefficient (Wildman–Crippen LogP) is 1.07. The van der Waals surface area contributed by atoms with Crippen LogP contribution in [-0.4, -0.2) is 37.5 Å². The highest BCUT2D eigenvalue weighted by Crippen LogP contribution is 2.24. The summed E-state index contributed by atoms with van der Waals surface area (Å²) in [5, 5.41) is 9.03. The van der Waals surface area contributed by atoms with Crippen molar-refractivity contribution >= 4 is 10.0 Å². The standard InChI is InChI=1S/C15H24N2O3S/c16-10-14-5-1-2-6-15(14)12-21(19,20)17-8-3-4-13(11-17)7-9-18/h1-2,5-6,13,18H,3-4,7-12,16H2. The van der Waals surface area contributed by atoms with Crippen molar-refractivity contribution in [3.63, 3.8) is 0 Å². The van der Waals surface area contributed by atoms with Crippen molar-refractivity contribution < 1.29 is 13.5 Å². The first-order chi connectivity index (χ1) is 10.1. The van der Waals surface area contributed by atoms with Gasteiger partial charge < -0.3 is 10.8 Å². The summed E-state index contributed by atoms with van der Waals surface area (Å²) in [5.74, 6) is 0.273. The van der Waals surface area contributed by atoms with Crippen molar-refractivity contribution in [2.24, 2.45) is 11.7 Å². The number of aliphatic hydroxyl groups excluding tert-OH is 1. The van der Waals surface area contributed by atoms with Gasteiger partial charge in [-0.05, 0) is 36.3 Å². The summed E-state index contributed by atoms with van der Waals surface area (Å²) >= 11 is 0. The quantitative estimate of drug-likeness (QED) is 0.823. The largest absolute Gasteiger partial charge is 0.396 e. The Morgan fingerprint density at radius 2 is 2.00 bits per heavy atom. The highest BCUT2D eigenvalue weighted by atomic mass is 32.2. The van der Waals surface area contributed by atoms with Crippen LogP contribution in [0.25, 0.3) is 0 Å². The molecular weight excluding hydrogens is 288 g/mol. The molecule has 21 heavy (non-hydrogen) atoms. The molecule has 118 valence electrons. The molecule has 0 amide bonds. The number of aliphatic hydroxyl groups is 1. The van der Waals surface area contributed by atoms with Crippen LogP contribution in [0.4, 0.5) is 0 Å². The Morgan fingerprint density at radius 3 is 2.67 bits per heavy atom. The fourth-order valence-corrected chi connectivity index (χ4v) is 4.59. The minimum atomic E-state index is -3.32. The minimum absolute atomic E-state index is 0.00617. The topological polar surface area (TPSA) is 83.6 Å². The van der Waals surface area contributed by atoms with Gasteiger partial charge in [0.1, 0.15) is 0 Å². The molecule has 1 aliphatic heterocycles. The van der Waals surface area contributed by atoms with E-state index in [1.54, 1.807) is 4.31 Å². The molecule has 0 bridgehead atoms. The zero-order valence-electron chi connectivity index (χ0n) is 12.2. The summed E-state index contributed by atoms with van der Waals surface area (Å²) in [6, 6.07) is 7.41. The fourth-order valence-electron chi connectivity index (χ4n) is 2.88. The molecule has 1 atom stereocenters. The molecule has 0 radical (unpaired) electrons. The van der Waals surface area contributed by atoms with E-state index in [2.05, 4.69) is 0 Å². The van der Waals surface area contributed by atoms with E-state index in [0.29, 0.717) is 26.1 Å². The normalized spacial score (nSPS) is 20.6. The zero-order valence-corrected chi connectivity index (χ0v) is 13.1. The van der Waals surface area contributed by atoms with E-state index < -0.39 is 10.0 Å². The Labute approximate surface area is 126 Å². The summed E-state index contributed by atoms with van der Waals surface area (Å²) in [6.07, 6.45) is 2.53. The summed E-state index contributed by atoms with van der Waals surface area (Å²) in [6.45, 7) is 1.57. The van der Waals surface area contributed by atoms with E-state index >= 15 is 0 Å². The van der Waals surface area contributed by atoms with E-state index in [-0.39, 0.29) is 18.3 Å². The lowest BCUT2D eigenvalue weighted by molar-refractivity contribution is 0.202. The molecule has 1 heterocycles. The molecule has 1 fully saturated rings. The molecule has 1 aromatic rings. The van der Waals surface area contributed by atoms with Crippen LogP contribution in [0.15, 0.2) is 24.3 Å². The monoisotopic (exact) mass is 312 g/mol. The van der Waals surface area contributed by atoms with Crippen molar-refractivity contribution in [2.45, 2.75) is 31.6 Å². The summed E-state index contributed by atoms with van der Waals surface area (Å²) in [5.41, 5.74) is 7.33. The Hall–Kier alpha value is -0.950. The van der Waals surface area contributed by atoms with Crippen LogP contribution in [0.3, 0.4) is 0 Å². The van der Waals surface area contributed by atoms with E-state index in [1.807, 2.05) is 24.3 Å². The van der Waals surface area contributed by atoms with Gasteiger partial charge in [0.2, 0.25) is 10.0 Å². The number of rotatable bonds is 6. The van der Waals surface area contributed by atoms with Crippen LogP contribution in [0, 0.1) is 5.92 Å². The van der Waals surface area contributed by atoms with Gasteiger partial charge in [0.05, 0.1) is 5.75 Å². The Bertz CT molecular complexity index is 558. The molecule has 2 rings (SSSR count). The third kappa shape index (κ3) is 4.26. The van der Waals surface area contributed by atoms with E-state index in [0.717, 1.165) is 24.0 Å². The maximum atomic E-state index is 12.6. The fraction of sp³-hybridized carbons (Fsp3) is 0.600. The molecule has 6 heteroatoms. The van der Waals surface area contributed by atoms with Crippen LogP contribution in [0.2, 0.25) is 0 Å². The first-order valence-electron chi connectivity index (χ1n) is 7.42. The van der Waals surface area contributed by atoms with Gasteiger partial charge in [0.25, 0.3) is 0 Å². The summed E-state index contributed by atoms with van der Waals surface area (Å²) in [4.78, 5) is 0. The Balaban J connectivity index is 2.10. The number of nitrogens with zero attached hydrogens (tertiary/aromatic N) is 1. The smallest absolute Gasteiger partial charge is 0.218 e. The summed E-state index contributed by atoms with van der Waals surface area (Å²) in [7, 11) is -3.32. The lowest BCUT2D eigenvalue weighted by atomic mass is 9.97. The molecule has 0 spiro atoms. The molecular formula is C15H24N2O3S. The number of benzene rings is 1. The highest BCUT2D eigenvalue weighted by Gasteiger charge is 2.29. The molecule has 3 N–H and O–H groups in total. The Morgan fingerprint density at radius 1 is 1.29 bits per heavy atom. The number of hydrogen-bond donors (Lipinski definition) is 2. The van der Waals surface area contributed by atoms with Gasteiger partial charge in [-0.1, -0.05) is 24.3 Å². The second-order valence-corrected chi connectivity index (χ2v) is 7.58. The molecule has 5 nitrogen and oxygen atoms in total. The van der Waals surface area contributed by atoms with Crippen molar-refractivity contribution in [3.8, 4) is 0 Å². The third-order valence-electron chi connectivity index (χ3n) is 4.09. The lowest BCUT2D eigenvalue weighted by Crippen LogP contribution is -2.40. The van der Waals surface area contributed by atoms with Gasteiger partial charge in [-0.2, -0.15) is 0 Å². The van der Waals surface area contributed by atoms with Gasteiger partial charge in [0, 0.05) is 26.2 Å². The van der Waals surface area contributed by atoms with Crippen LogP contribution in [0.1, 0.15) is 30.4 Å². The first kappa shape index (κ1) is 16.4. The van der Waals surface area contributed by atoms with Gasteiger partial charge in [-0.3, -0.25) is 0 Å². The van der Waals surface area contributed by atoms with Crippen molar-refractivity contribution in [1.82, 2.24) is 4.31 Å². The van der Waals surface area contributed by atoms with Crippen LogP contribution >= 0.6 is 0 Å². The maximum absolute atomic E-state index is 12.6. The Kier molecular flexibility index (Phi) is 5.75. The number of hydrogen-bond acceptors (Lipinski definition) is 4. The second-order valence-electron chi connectivity index (χ2n) is 5.61. The van der Waals surface area contributed by atoms with Crippen molar-refractivity contribution in [3.05, 3.63) is 35.4 Å². The average Bonchev–Trinajstić information content (AvgIpc) is 2.48. The van der Waals surface area contributed by atoms with E-state index in [4.69, 9.17) is 10.8 Å². The first-order valence-corrected chi connectivity index (χ1v) is 9.03. The highest BCUT2D eigenvalue weighted by molar-refractivity contribution is 7.88. The maximum Gasteiger partial charge on any atom is 0.218 e. The van der Waals surface area contributed by atoms with Crippen molar-refractivity contribution in [2.75, 3.05) is 19.7 Å². The van der Waals surface area contributed by atoms with Gasteiger partial charge >= 0.3 is 0 Å². The molecule has 1 aromatic carbocycles. The van der Waals surface area contributed by atoms with E-state index in [9.17, 15) is 8.42 Å². The SMILES string of the molecule is NCc1ccccc1CS(=O)(=O)N1CCCC(CCO)C1. The van der Waals surface area contributed by atoms with Crippen LogP contribution < -0.4 is 5.73 Å². The molecule has 1 saturated heterocycles. The number of nitrogens with two attached hydrogens (primary N) is 1. The second kappa shape index (κ2) is 7.35. The minimum Gasteiger partial charge on any atom is -0.396 e. The third-order valence-corrected chi connectivity index (χ3v) is 5.88. The molecule has 0 aliphatic carbocycles. The van der Waals surface area contributed by atoms with Gasteiger partial charge in [-0.25, -0.2) is 12.7 Å². The van der Waals surface area contributed by atoms with Crippen LogP contribution in [0.5, 0.6) is 0 Å².